The van der Waals surface area contributed by atoms with Gasteiger partial charge in [-0.1, -0.05) is 36.3 Å². The number of nitrogens with two attached hydrogens (primary N) is 3. The summed E-state index contributed by atoms with van der Waals surface area (Å²) in [7, 11) is -5.90. The summed E-state index contributed by atoms with van der Waals surface area (Å²) in [6.45, 7) is 11.3. The third kappa shape index (κ3) is 21.1. The highest BCUT2D eigenvalue weighted by atomic mass is 31.2. The predicted molar refractivity (Wildman–Crippen MR) is 318 cm³/mol. The van der Waals surface area contributed by atoms with Crippen LogP contribution in [0.25, 0.3) is 0 Å². The lowest BCUT2D eigenvalue weighted by molar-refractivity contribution is -0.375. The van der Waals surface area contributed by atoms with E-state index in [0.29, 0.717) is 19.3 Å². The smallest absolute Gasteiger partial charge is 0.474 e. The van der Waals surface area contributed by atoms with Gasteiger partial charge in [-0.25, -0.2) is 14.2 Å². The van der Waals surface area contributed by atoms with Crippen molar-refractivity contribution in [1.29, 1.82) is 0 Å². The second-order valence-corrected chi connectivity index (χ2v) is 26.1. The maximum Gasteiger partial charge on any atom is 0.474 e. The number of carbonyl (C=O) groups is 6. The molecule has 0 bridgehead atoms. The van der Waals surface area contributed by atoms with Gasteiger partial charge in [-0.2, -0.15) is 0 Å². The summed E-state index contributed by atoms with van der Waals surface area (Å²) in [5.74, 6) is -6.56. The van der Waals surface area contributed by atoms with Crippen LogP contribution in [0.15, 0.2) is 36.0 Å². The number of hydrogen-bond donors (Lipinski definition) is 18. The topological polar surface area (TPSA) is 605 Å². The highest BCUT2D eigenvalue weighted by Gasteiger charge is 2.62. The third-order valence-corrected chi connectivity index (χ3v) is 17.7. The SMILES string of the molecule is C=CC(C)(CCC/C=C(\C)CCC=C(C)C)C(O)CO[C@H](COP(=O)(O)O[C@H]1O[C@H](C(N)=O)[C@@](C)(O)[C@H](OC(N)=O)[C@H]1O[C@@H]1O[C@H](CO[C@@H]2O[C@H](CO)[C@@H](O)[C@H](O)[C@H]2O)[C@@H](O[C@@H]2O[C@H](C)[C@@H](O[C@@H]3O[C@H](C(N)=O)[C@H](O)[C@H](O)[C@H]3O)[C@H](O)[C@H]2NC(C)=O)[C@H](O)[C@H]1NC(C)=O)C(=O)O. The van der Waals surface area contributed by atoms with Gasteiger partial charge in [-0.15, -0.1) is 6.58 Å². The number of amides is 5. The molecular formula is C57H94N5O33P. The van der Waals surface area contributed by atoms with Gasteiger partial charge < -0.3 is 146 Å². The van der Waals surface area contributed by atoms with Crippen LogP contribution in [0.3, 0.4) is 0 Å². The van der Waals surface area contributed by atoms with E-state index in [9.17, 15) is 99.5 Å². The molecule has 0 spiro atoms. The Bertz CT molecular complexity index is 2750. The van der Waals surface area contributed by atoms with E-state index in [1.54, 1.807) is 6.92 Å². The number of aliphatic hydroxyl groups excluding tert-OH is 10. The van der Waals surface area contributed by atoms with Crippen molar-refractivity contribution in [1.82, 2.24) is 10.6 Å². The number of allylic oxidation sites excluding steroid dienone is 4. The van der Waals surface area contributed by atoms with Crippen LogP contribution in [0.5, 0.6) is 0 Å². The van der Waals surface area contributed by atoms with Gasteiger partial charge in [0.25, 0.3) is 0 Å². The highest BCUT2D eigenvalue weighted by molar-refractivity contribution is 7.47. The van der Waals surface area contributed by atoms with Crippen LogP contribution < -0.4 is 27.8 Å². The minimum absolute atomic E-state index is 0.367. The summed E-state index contributed by atoms with van der Waals surface area (Å²) in [6, 6.07) is -3.93. The van der Waals surface area contributed by atoms with Crippen molar-refractivity contribution < 1.29 is 161 Å². The number of ether oxygens (including phenoxy) is 11. The maximum absolute atomic E-state index is 14.1. The Morgan fingerprint density at radius 3 is 1.81 bits per heavy atom. The van der Waals surface area contributed by atoms with E-state index in [2.05, 4.69) is 29.4 Å². The molecule has 5 fully saturated rings. The van der Waals surface area contributed by atoms with Gasteiger partial charge in [0.1, 0.15) is 90.9 Å². The summed E-state index contributed by atoms with van der Waals surface area (Å²) in [5, 5.41) is 136. The van der Waals surface area contributed by atoms with Crippen molar-refractivity contribution in [3.05, 3.63) is 36.0 Å². The summed E-state index contributed by atoms with van der Waals surface area (Å²) in [6.07, 6.45) is -42.4. The van der Waals surface area contributed by atoms with Crippen molar-refractivity contribution in [3.8, 4) is 0 Å². The quantitative estimate of drug-likeness (QED) is 0.0165. The first-order valence-corrected chi connectivity index (χ1v) is 32.0. The normalized spacial score (nSPS) is 38.5. The first-order valence-electron chi connectivity index (χ1n) is 30.5. The molecule has 39 heteroatoms. The number of unbranched alkanes of at least 4 members (excludes halogenated alkanes) is 1. The average Bonchev–Trinajstić information content (AvgIpc) is 0.748. The minimum Gasteiger partial charge on any atom is -0.479 e. The Morgan fingerprint density at radius 2 is 1.26 bits per heavy atom. The number of carbonyl (C=O) groups excluding carboxylic acids is 5. The molecule has 96 heavy (non-hydrogen) atoms. The fourth-order valence-electron chi connectivity index (χ4n) is 11.2. The standard InChI is InChI=1S/C57H94N5O33P/c1-10-56(8,17-12-11-15-23(4)16-13-14-22(2)3)30(66)21-83-29(49(77)78)20-85-96(81,82)95-54-44(45(94-55(60)79)57(9,80)46(93-54)48(59)76)92-51-32(62-26(7)65)35(69)42(28(88-51)19-84-52-39(73)36(70)33(67)27(18-63)87-52)90-50-31(61-25(6)64)34(68)41(24(5)86-50)89-53-40(74)37(71)38(72)43(91-53)47(58)75/h10,14-15,24,27-46,50-54,63,66-74,80H,1,11-13,16-21H2,2-9H3,(H2,58,75)(H2,59,76)(H2,60,79)(H,61,64)(H,62,65)(H,77,78)(H,81,82)/b23-15+/t24-,27-,28-,29-,30?,31-,32-,33-,34-,35-,36+,37+,38-,39-,40-,41-,42-,43+,44-,45-,46-,50+,51+,52-,53-,54-,56?,57+/m1/s1. The second kappa shape index (κ2) is 35.4. The summed E-state index contributed by atoms with van der Waals surface area (Å²) in [4.78, 5) is 87.7. The van der Waals surface area contributed by atoms with Gasteiger partial charge in [-0.05, 0) is 66.7 Å². The predicted octanol–water partition coefficient (Wildman–Crippen LogP) is -6.10. The van der Waals surface area contributed by atoms with Crippen LogP contribution in [-0.4, -0.2) is 293 Å². The van der Waals surface area contributed by atoms with Crippen molar-refractivity contribution >= 4 is 43.5 Å². The van der Waals surface area contributed by atoms with Crippen LogP contribution in [0.2, 0.25) is 0 Å². The zero-order valence-corrected chi connectivity index (χ0v) is 54.9. The van der Waals surface area contributed by atoms with Crippen LogP contribution in [0, 0.1) is 5.41 Å². The van der Waals surface area contributed by atoms with Gasteiger partial charge in [0.2, 0.25) is 23.6 Å². The number of carboxylic acid groups (broad SMARTS) is 1. The molecule has 0 aromatic rings. The molecule has 0 aromatic heterocycles. The molecular weight excluding hydrogens is 1310 g/mol. The number of nitrogens with one attached hydrogen (secondary N) is 2. The molecule has 0 aromatic carbocycles. The molecule has 550 valence electrons. The first-order chi connectivity index (χ1) is 44.7. The molecule has 5 aliphatic heterocycles. The first kappa shape index (κ1) is 81.8. The van der Waals surface area contributed by atoms with E-state index in [4.69, 9.17) is 78.4 Å². The van der Waals surface area contributed by atoms with Crippen LogP contribution in [0.1, 0.15) is 87.5 Å². The molecule has 0 aliphatic carbocycles. The van der Waals surface area contributed by atoms with E-state index in [0.717, 1.165) is 39.2 Å². The zero-order chi connectivity index (χ0) is 72.2. The van der Waals surface area contributed by atoms with E-state index in [1.807, 2.05) is 20.8 Å². The van der Waals surface area contributed by atoms with Crippen molar-refractivity contribution in [2.24, 2.45) is 22.6 Å². The lowest BCUT2D eigenvalue weighted by Crippen LogP contribution is -2.72. The fourth-order valence-corrected chi connectivity index (χ4v) is 12.0. The monoisotopic (exact) mass is 1410 g/mol. The van der Waals surface area contributed by atoms with E-state index in [-0.39, 0.29) is 0 Å². The Kier molecular flexibility index (Phi) is 30.2. The number of phosphoric ester groups is 1. The molecule has 0 radical (unpaired) electrons. The van der Waals surface area contributed by atoms with E-state index in [1.165, 1.54) is 18.6 Å². The zero-order valence-electron chi connectivity index (χ0n) is 54.0. The Hall–Kier alpha value is -4.89. The molecule has 29 atom stereocenters. The lowest BCUT2D eigenvalue weighted by atomic mass is 9.79. The van der Waals surface area contributed by atoms with Gasteiger partial charge in [0.15, 0.2) is 62.0 Å². The summed E-state index contributed by atoms with van der Waals surface area (Å²) < 4.78 is 88.0. The summed E-state index contributed by atoms with van der Waals surface area (Å²) >= 11 is 0. The molecule has 5 saturated heterocycles. The molecule has 38 nitrogen and oxygen atoms in total. The van der Waals surface area contributed by atoms with Gasteiger partial charge in [0.05, 0.1) is 38.6 Å². The van der Waals surface area contributed by atoms with Gasteiger partial charge >= 0.3 is 19.9 Å². The Morgan fingerprint density at radius 1 is 0.698 bits per heavy atom. The fraction of sp³-hybridized carbons (Fsp3) is 0.789. The Labute approximate surface area is 551 Å². The van der Waals surface area contributed by atoms with Crippen molar-refractivity contribution in [2.75, 3.05) is 26.4 Å². The number of hydrogen-bond acceptors (Lipinski definition) is 31. The molecule has 3 unspecified atom stereocenters. The van der Waals surface area contributed by atoms with E-state index < -0.39 is 240 Å². The number of primary amides is 3. The average molecular weight is 1410 g/mol. The maximum atomic E-state index is 14.1. The molecule has 5 heterocycles. The number of rotatable bonds is 33. The lowest BCUT2D eigenvalue weighted by Gasteiger charge is -2.52. The van der Waals surface area contributed by atoms with Gasteiger partial charge in [-0.3, -0.25) is 28.2 Å². The highest BCUT2D eigenvalue weighted by Crippen LogP contribution is 2.49. The minimum atomic E-state index is -5.90. The second-order valence-electron chi connectivity index (χ2n) is 24.7. The van der Waals surface area contributed by atoms with Gasteiger partial charge in [0, 0.05) is 19.3 Å². The third-order valence-electron chi connectivity index (χ3n) is 16.8. The van der Waals surface area contributed by atoms with Crippen molar-refractivity contribution in [3.63, 3.8) is 0 Å². The molecule has 0 saturated carbocycles. The molecule has 21 N–H and O–H groups in total. The number of aliphatic carboxylic acids is 1. The number of aliphatic hydroxyl groups is 11. The van der Waals surface area contributed by atoms with Crippen LogP contribution in [0.4, 0.5) is 4.79 Å². The number of carboxylic acids is 1. The Balaban J connectivity index is 1.49. The van der Waals surface area contributed by atoms with E-state index >= 15 is 0 Å². The van der Waals surface area contributed by atoms with Crippen LogP contribution >= 0.6 is 7.82 Å². The van der Waals surface area contributed by atoms with Crippen molar-refractivity contribution in [2.45, 2.75) is 253 Å². The largest absolute Gasteiger partial charge is 0.479 e. The molecule has 5 rings (SSSR count). The number of phosphoric acid groups is 1. The molecule has 5 aliphatic rings. The summed E-state index contributed by atoms with van der Waals surface area (Å²) in [5.41, 5.74) is 14.7. The van der Waals surface area contributed by atoms with Crippen LogP contribution in [-0.2, 0) is 89.7 Å². The molecule has 5 amide bonds.